The van der Waals surface area contributed by atoms with Crippen LogP contribution in [0.15, 0.2) is 30.3 Å². The molecule has 198 valence electrons. The largest absolute Gasteiger partial charge is 0.497 e. The smallest absolute Gasteiger partial charge is 0.444 e. The first-order valence-corrected chi connectivity index (χ1v) is 12.3. The molecule has 4 rings (SSSR count). The first-order chi connectivity index (χ1) is 17.1. The van der Waals surface area contributed by atoms with Gasteiger partial charge >= 0.3 is 13.2 Å². The van der Waals surface area contributed by atoms with Crippen LogP contribution in [0.2, 0.25) is 0 Å². The standard InChI is InChI=1S/C27H35BFN3O5/c1-25(2,3)35-24(34)30-18-9-10-22-21(14-18)31-23(32(22)8)13-16-12-20(29)19(11-17(16)15-33)28-36-26(4,5)27(6,7)37-28/h9-12,14,33H,13,15H2,1-8H3,(H,30,34). The Morgan fingerprint density at radius 2 is 1.78 bits per heavy atom. The van der Waals surface area contributed by atoms with Gasteiger partial charge < -0.3 is 23.7 Å². The van der Waals surface area contributed by atoms with E-state index in [0.29, 0.717) is 34.6 Å². The summed E-state index contributed by atoms with van der Waals surface area (Å²) >= 11 is 0. The lowest BCUT2D eigenvalue weighted by atomic mass is 9.77. The van der Waals surface area contributed by atoms with Gasteiger partial charge in [-0.15, -0.1) is 0 Å². The zero-order chi connectivity index (χ0) is 27.3. The zero-order valence-corrected chi connectivity index (χ0v) is 22.7. The predicted molar refractivity (Wildman–Crippen MR) is 141 cm³/mol. The molecular weight excluding hydrogens is 476 g/mol. The van der Waals surface area contributed by atoms with Crippen LogP contribution in [-0.4, -0.2) is 44.7 Å². The number of nitrogens with one attached hydrogen (secondary N) is 1. The summed E-state index contributed by atoms with van der Waals surface area (Å²) in [5.74, 6) is 0.218. The van der Waals surface area contributed by atoms with Gasteiger partial charge in [-0.2, -0.15) is 0 Å². The van der Waals surface area contributed by atoms with Crippen molar-refractivity contribution in [3.8, 4) is 0 Å². The van der Waals surface area contributed by atoms with Gasteiger partial charge in [0.15, 0.2) is 0 Å². The fourth-order valence-corrected chi connectivity index (χ4v) is 4.22. The fourth-order valence-electron chi connectivity index (χ4n) is 4.22. The van der Waals surface area contributed by atoms with E-state index in [0.717, 1.165) is 5.52 Å². The van der Waals surface area contributed by atoms with Gasteiger partial charge in [-0.3, -0.25) is 5.32 Å². The summed E-state index contributed by atoms with van der Waals surface area (Å²) in [7, 11) is 1.01. The quantitative estimate of drug-likeness (QED) is 0.492. The van der Waals surface area contributed by atoms with Crippen LogP contribution in [-0.2, 0) is 34.1 Å². The van der Waals surface area contributed by atoms with Crippen molar-refractivity contribution in [3.63, 3.8) is 0 Å². The Morgan fingerprint density at radius 1 is 1.14 bits per heavy atom. The maximum atomic E-state index is 15.3. The Balaban J connectivity index is 1.60. The van der Waals surface area contributed by atoms with Crippen molar-refractivity contribution in [1.29, 1.82) is 0 Å². The number of halogens is 1. The number of imidazole rings is 1. The molecule has 0 unspecified atom stereocenters. The van der Waals surface area contributed by atoms with Gasteiger partial charge in [-0.1, -0.05) is 6.07 Å². The lowest BCUT2D eigenvalue weighted by Gasteiger charge is -2.32. The number of hydrogen-bond acceptors (Lipinski definition) is 6. The second-order valence-corrected chi connectivity index (χ2v) is 11.5. The van der Waals surface area contributed by atoms with E-state index in [2.05, 4.69) is 5.32 Å². The molecule has 1 aliphatic rings. The van der Waals surface area contributed by atoms with Crippen LogP contribution in [0.3, 0.4) is 0 Å². The molecule has 0 bridgehead atoms. The van der Waals surface area contributed by atoms with Crippen LogP contribution < -0.4 is 10.8 Å². The first kappa shape index (κ1) is 27.1. The van der Waals surface area contributed by atoms with E-state index in [-0.39, 0.29) is 12.1 Å². The zero-order valence-electron chi connectivity index (χ0n) is 22.7. The van der Waals surface area contributed by atoms with Gasteiger partial charge in [0.25, 0.3) is 0 Å². The molecule has 0 radical (unpaired) electrons. The SMILES string of the molecule is Cn1c(Cc2cc(F)c(B3OC(C)(C)C(C)(C)O3)cc2CO)nc2cc(NC(=O)OC(C)(C)C)ccc21. The summed E-state index contributed by atoms with van der Waals surface area (Å²) < 4.78 is 34.6. The number of aromatic nitrogens is 2. The Bertz CT molecular complexity index is 1330. The number of aliphatic hydroxyl groups excluding tert-OH is 1. The molecule has 37 heavy (non-hydrogen) atoms. The molecule has 1 aliphatic heterocycles. The molecule has 10 heteroatoms. The molecule has 2 aromatic carbocycles. The average Bonchev–Trinajstić information content (AvgIpc) is 3.17. The number of amides is 1. The summed E-state index contributed by atoms with van der Waals surface area (Å²) in [6.45, 7) is 12.8. The lowest BCUT2D eigenvalue weighted by molar-refractivity contribution is 0.00578. The normalized spacial score (nSPS) is 16.9. The monoisotopic (exact) mass is 511 g/mol. The number of nitrogens with zero attached hydrogens (tertiary/aromatic N) is 2. The Kier molecular flexibility index (Phi) is 6.90. The molecule has 1 fully saturated rings. The second-order valence-electron chi connectivity index (χ2n) is 11.5. The van der Waals surface area contributed by atoms with Crippen LogP contribution in [0, 0.1) is 5.82 Å². The maximum absolute atomic E-state index is 15.3. The van der Waals surface area contributed by atoms with Crippen LogP contribution in [0.25, 0.3) is 11.0 Å². The number of rotatable bonds is 5. The van der Waals surface area contributed by atoms with Crippen molar-refractivity contribution in [2.75, 3.05) is 5.32 Å². The van der Waals surface area contributed by atoms with Gasteiger partial charge in [-0.25, -0.2) is 14.2 Å². The number of carbonyl (C=O) groups is 1. The van der Waals surface area contributed by atoms with Gasteiger partial charge in [0.2, 0.25) is 0 Å². The topological polar surface area (TPSA) is 94.8 Å². The molecule has 0 saturated carbocycles. The van der Waals surface area contributed by atoms with Crippen LogP contribution in [0.4, 0.5) is 14.9 Å². The second kappa shape index (κ2) is 9.42. The van der Waals surface area contributed by atoms with Crippen molar-refractivity contribution in [2.24, 2.45) is 7.05 Å². The van der Waals surface area contributed by atoms with E-state index in [4.69, 9.17) is 19.0 Å². The third-order valence-electron chi connectivity index (χ3n) is 6.96. The highest BCUT2D eigenvalue weighted by atomic mass is 19.1. The number of fused-ring (bicyclic) bond motifs is 1. The molecule has 2 N–H and O–H groups in total. The molecule has 0 spiro atoms. The van der Waals surface area contributed by atoms with Crippen molar-refractivity contribution in [2.45, 2.75) is 78.3 Å². The van der Waals surface area contributed by atoms with Crippen LogP contribution >= 0.6 is 0 Å². The van der Waals surface area contributed by atoms with E-state index in [9.17, 15) is 9.90 Å². The van der Waals surface area contributed by atoms with Gasteiger partial charge in [0.05, 0.1) is 28.8 Å². The lowest BCUT2D eigenvalue weighted by Crippen LogP contribution is -2.41. The summed E-state index contributed by atoms with van der Waals surface area (Å²) in [5.41, 5.74) is 1.71. The van der Waals surface area contributed by atoms with E-state index in [1.807, 2.05) is 45.4 Å². The Labute approximate surface area is 217 Å². The summed E-state index contributed by atoms with van der Waals surface area (Å²) in [6.07, 6.45) is -0.246. The van der Waals surface area contributed by atoms with E-state index in [1.54, 1.807) is 39.0 Å². The molecular formula is C27H35BFN3O5. The minimum atomic E-state index is -0.865. The molecule has 0 aliphatic carbocycles. The number of hydrogen-bond donors (Lipinski definition) is 2. The number of anilines is 1. The summed E-state index contributed by atoms with van der Waals surface area (Å²) in [4.78, 5) is 16.8. The molecule has 1 amide bonds. The Hall–Kier alpha value is -2.95. The predicted octanol–water partition coefficient (Wildman–Crippen LogP) is 4.44. The van der Waals surface area contributed by atoms with Crippen LogP contribution in [0.5, 0.6) is 0 Å². The van der Waals surface area contributed by atoms with Gasteiger partial charge in [-0.05, 0) is 83.9 Å². The third-order valence-corrected chi connectivity index (χ3v) is 6.96. The van der Waals surface area contributed by atoms with Gasteiger partial charge in [0.1, 0.15) is 17.2 Å². The molecule has 2 heterocycles. The summed E-state index contributed by atoms with van der Waals surface area (Å²) in [5, 5.41) is 12.8. The first-order valence-electron chi connectivity index (χ1n) is 12.3. The highest BCUT2D eigenvalue weighted by molar-refractivity contribution is 6.62. The van der Waals surface area contributed by atoms with Gasteiger partial charge in [0, 0.05) is 24.6 Å². The molecule has 1 aromatic heterocycles. The number of ether oxygens (including phenoxy) is 1. The Morgan fingerprint density at radius 3 is 2.38 bits per heavy atom. The van der Waals surface area contributed by atoms with E-state index < -0.39 is 35.8 Å². The fraction of sp³-hybridized carbons (Fsp3) is 0.481. The van der Waals surface area contributed by atoms with E-state index >= 15 is 4.39 Å². The van der Waals surface area contributed by atoms with E-state index in [1.165, 1.54) is 6.07 Å². The van der Waals surface area contributed by atoms with Crippen molar-refractivity contribution in [3.05, 3.63) is 53.1 Å². The number of aliphatic hydroxyl groups is 1. The number of carbonyl (C=O) groups excluding carboxylic acids is 1. The molecule has 0 atom stereocenters. The van der Waals surface area contributed by atoms with Crippen molar-refractivity contribution < 1.29 is 28.3 Å². The number of aryl methyl sites for hydroxylation is 1. The number of benzene rings is 2. The van der Waals surface area contributed by atoms with Crippen molar-refractivity contribution in [1.82, 2.24) is 9.55 Å². The minimum Gasteiger partial charge on any atom is -0.444 e. The molecule has 3 aromatic rings. The molecule has 1 saturated heterocycles. The minimum absolute atomic E-state index is 0.259. The third kappa shape index (κ3) is 5.51. The summed E-state index contributed by atoms with van der Waals surface area (Å²) in [6, 6.07) is 8.42. The maximum Gasteiger partial charge on any atom is 0.497 e. The highest BCUT2D eigenvalue weighted by Gasteiger charge is 2.52. The highest BCUT2D eigenvalue weighted by Crippen LogP contribution is 2.37. The van der Waals surface area contributed by atoms with Crippen LogP contribution in [0.1, 0.15) is 65.4 Å². The molecule has 8 nitrogen and oxygen atoms in total. The van der Waals surface area contributed by atoms with Crippen molar-refractivity contribution >= 4 is 35.4 Å². The average molecular weight is 511 g/mol.